The third-order valence-corrected chi connectivity index (χ3v) is 1.64. The predicted molar refractivity (Wildman–Crippen MR) is 35.3 cm³/mol. The summed E-state index contributed by atoms with van der Waals surface area (Å²) in [7, 11) is 6.64. The van der Waals surface area contributed by atoms with Gasteiger partial charge in [-0.25, -0.2) is 0 Å². The Labute approximate surface area is 51.2 Å². The first-order valence-electron chi connectivity index (χ1n) is 3.12. The van der Waals surface area contributed by atoms with E-state index in [0.717, 1.165) is 4.48 Å². The Morgan fingerprint density at radius 2 is 1.88 bits per heavy atom. The van der Waals surface area contributed by atoms with Crippen LogP contribution < -0.4 is 0 Å². The van der Waals surface area contributed by atoms with Crippen molar-refractivity contribution < 1.29 is 4.48 Å². The van der Waals surface area contributed by atoms with Gasteiger partial charge < -0.3 is 4.48 Å². The molecule has 1 aliphatic rings. The molecule has 0 spiro atoms. The van der Waals surface area contributed by atoms with Gasteiger partial charge in [0.1, 0.15) is 5.70 Å². The van der Waals surface area contributed by atoms with Gasteiger partial charge >= 0.3 is 0 Å². The van der Waals surface area contributed by atoms with Crippen LogP contribution >= 0.6 is 0 Å². The van der Waals surface area contributed by atoms with Crippen LogP contribution in [0.15, 0.2) is 11.8 Å². The molecule has 0 aromatic rings. The molecule has 0 N–H and O–H groups in total. The molecule has 0 aromatic carbocycles. The van der Waals surface area contributed by atoms with E-state index in [0.29, 0.717) is 0 Å². The fourth-order valence-corrected chi connectivity index (χ4v) is 0.883. The largest absolute Gasteiger partial charge is 0.302 e. The molecular formula is C7H14N+. The lowest BCUT2D eigenvalue weighted by atomic mass is 10.0. The van der Waals surface area contributed by atoms with E-state index in [9.17, 15) is 0 Å². The second-order valence-electron chi connectivity index (χ2n) is 3.25. The quantitative estimate of drug-likeness (QED) is 0.449. The van der Waals surface area contributed by atoms with E-state index >= 15 is 0 Å². The number of quaternary nitrogens is 1. The van der Waals surface area contributed by atoms with Gasteiger partial charge in [-0.2, -0.15) is 0 Å². The minimum absolute atomic E-state index is 1.03. The highest BCUT2D eigenvalue weighted by molar-refractivity contribution is 5.03. The number of allylic oxidation sites excluding steroid dienone is 2. The molecule has 0 atom stereocenters. The Balaban J connectivity index is 2.59. The summed E-state index contributed by atoms with van der Waals surface area (Å²) in [6.07, 6.45) is 4.92. The lowest BCUT2D eigenvalue weighted by molar-refractivity contribution is -0.834. The van der Waals surface area contributed by atoms with Crippen molar-refractivity contribution in [3.63, 3.8) is 0 Å². The van der Waals surface area contributed by atoms with Crippen molar-refractivity contribution >= 4 is 0 Å². The zero-order chi connectivity index (χ0) is 6.20. The summed E-state index contributed by atoms with van der Waals surface area (Å²) in [6.45, 7) is 0. The molecule has 1 heteroatoms. The molecule has 0 amide bonds. The molecule has 0 unspecified atom stereocenters. The van der Waals surface area contributed by atoms with Crippen LogP contribution in [0.1, 0.15) is 12.8 Å². The normalized spacial score (nSPS) is 19.6. The smallest absolute Gasteiger partial charge is 0.104 e. The topological polar surface area (TPSA) is 0 Å². The predicted octanol–water partition coefficient (Wildman–Crippen LogP) is 1.37. The van der Waals surface area contributed by atoms with Gasteiger partial charge in [-0.05, 0) is 12.5 Å². The van der Waals surface area contributed by atoms with E-state index in [1.54, 1.807) is 5.70 Å². The lowest BCUT2D eigenvalue weighted by Gasteiger charge is -2.30. The van der Waals surface area contributed by atoms with E-state index in [-0.39, 0.29) is 0 Å². The fourth-order valence-electron chi connectivity index (χ4n) is 0.883. The van der Waals surface area contributed by atoms with Crippen LogP contribution in [-0.2, 0) is 0 Å². The van der Waals surface area contributed by atoms with Crippen LogP contribution in [-0.4, -0.2) is 25.6 Å². The highest BCUT2D eigenvalue weighted by Gasteiger charge is 2.19. The van der Waals surface area contributed by atoms with Gasteiger partial charge in [-0.3, -0.25) is 0 Å². The maximum Gasteiger partial charge on any atom is 0.104 e. The SMILES string of the molecule is C[N+](C)(C)C1=CCC1. The average molecular weight is 112 g/mol. The van der Waals surface area contributed by atoms with Gasteiger partial charge in [0.2, 0.25) is 0 Å². The summed E-state index contributed by atoms with van der Waals surface area (Å²) < 4.78 is 1.03. The molecule has 8 heavy (non-hydrogen) atoms. The fraction of sp³-hybridized carbons (Fsp3) is 0.714. The maximum absolute atomic E-state index is 2.32. The van der Waals surface area contributed by atoms with Crippen molar-refractivity contribution in [1.29, 1.82) is 0 Å². The third-order valence-electron chi connectivity index (χ3n) is 1.64. The van der Waals surface area contributed by atoms with Gasteiger partial charge in [-0.15, -0.1) is 0 Å². The number of hydrogen-bond donors (Lipinski definition) is 0. The van der Waals surface area contributed by atoms with E-state index in [1.807, 2.05) is 0 Å². The molecule has 0 aliphatic heterocycles. The zero-order valence-corrected chi connectivity index (χ0v) is 5.94. The summed E-state index contributed by atoms with van der Waals surface area (Å²) in [4.78, 5) is 0. The average Bonchev–Trinajstić information content (AvgIpc) is 1.16. The van der Waals surface area contributed by atoms with Gasteiger partial charge in [0.15, 0.2) is 0 Å². The van der Waals surface area contributed by atoms with Crippen molar-refractivity contribution in [2.75, 3.05) is 21.1 Å². The van der Waals surface area contributed by atoms with Crippen LogP contribution in [0.2, 0.25) is 0 Å². The van der Waals surface area contributed by atoms with Gasteiger partial charge in [0, 0.05) is 6.42 Å². The first-order chi connectivity index (χ1) is 3.61. The van der Waals surface area contributed by atoms with E-state index < -0.39 is 0 Å². The first kappa shape index (κ1) is 5.83. The van der Waals surface area contributed by atoms with Crippen LogP contribution in [0.5, 0.6) is 0 Å². The van der Waals surface area contributed by atoms with Gasteiger partial charge in [-0.1, -0.05) is 0 Å². The summed E-state index contributed by atoms with van der Waals surface area (Å²) in [5, 5.41) is 0. The molecule has 0 radical (unpaired) electrons. The molecule has 1 rings (SSSR count). The maximum atomic E-state index is 2.32. The molecule has 0 saturated carbocycles. The Kier molecular flexibility index (Phi) is 1.16. The molecule has 0 fully saturated rings. The monoisotopic (exact) mass is 112 g/mol. The van der Waals surface area contributed by atoms with Crippen LogP contribution in [0.3, 0.4) is 0 Å². The minimum Gasteiger partial charge on any atom is -0.302 e. The summed E-state index contributed by atoms with van der Waals surface area (Å²) in [6, 6.07) is 0. The van der Waals surface area contributed by atoms with Gasteiger partial charge in [0.25, 0.3) is 0 Å². The highest BCUT2D eigenvalue weighted by Crippen LogP contribution is 2.23. The van der Waals surface area contributed by atoms with Crippen LogP contribution in [0.4, 0.5) is 0 Å². The lowest BCUT2D eigenvalue weighted by Crippen LogP contribution is -2.35. The van der Waals surface area contributed by atoms with E-state index in [2.05, 4.69) is 27.2 Å². The molecule has 1 aliphatic carbocycles. The zero-order valence-electron chi connectivity index (χ0n) is 5.94. The molecule has 0 bridgehead atoms. The van der Waals surface area contributed by atoms with E-state index in [4.69, 9.17) is 0 Å². The molecular weight excluding hydrogens is 98.1 g/mol. The Bertz CT molecular complexity index is 117. The van der Waals surface area contributed by atoms with Crippen molar-refractivity contribution in [2.24, 2.45) is 0 Å². The Hall–Kier alpha value is -0.300. The number of nitrogens with zero attached hydrogens (tertiary/aromatic N) is 1. The standard InChI is InChI=1S/C7H14N/c1-8(2,3)7-5-4-6-7/h5H,4,6H2,1-3H3/q+1. The van der Waals surface area contributed by atoms with Gasteiger partial charge in [0.05, 0.1) is 21.1 Å². The van der Waals surface area contributed by atoms with Crippen molar-refractivity contribution in [3.8, 4) is 0 Å². The van der Waals surface area contributed by atoms with E-state index in [1.165, 1.54) is 12.8 Å². The van der Waals surface area contributed by atoms with Crippen molar-refractivity contribution in [2.45, 2.75) is 12.8 Å². The second kappa shape index (κ2) is 1.59. The minimum atomic E-state index is 1.03. The molecule has 0 heterocycles. The molecule has 1 nitrogen and oxygen atoms in total. The number of rotatable bonds is 1. The van der Waals surface area contributed by atoms with Crippen LogP contribution in [0.25, 0.3) is 0 Å². The molecule has 46 valence electrons. The highest BCUT2D eigenvalue weighted by atomic mass is 15.3. The summed E-state index contributed by atoms with van der Waals surface area (Å²) in [5.74, 6) is 0. The first-order valence-corrected chi connectivity index (χ1v) is 3.12. The summed E-state index contributed by atoms with van der Waals surface area (Å²) in [5.41, 5.74) is 1.57. The Morgan fingerprint density at radius 1 is 1.38 bits per heavy atom. The molecule has 0 aromatic heterocycles. The Morgan fingerprint density at radius 3 is 1.88 bits per heavy atom. The molecule has 0 saturated heterocycles. The third kappa shape index (κ3) is 0.920. The van der Waals surface area contributed by atoms with Crippen LogP contribution in [0, 0.1) is 0 Å². The second-order valence-corrected chi connectivity index (χ2v) is 3.25. The van der Waals surface area contributed by atoms with Crippen molar-refractivity contribution in [1.82, 2.24) is 0 Å². The number of hydrogen-bond acceptors (Lipinski definition) is 0. The summed E-state index contributed by atoms with van der Waals surface area (Å²) >= 11 is 0. The van der Waals surface area contributed by atoms with Crippen molar-refractivity contribution in [3.05, 3.63) is 11.8 Å².